The van der Waals surface area contributed by atoms with Gasteiger partial charge in [0.15, 0.2) is 0 Å². The molecule has 1 N–H and O–H groups in total. The third kappa shape index (κ3) is 8.35. The molecule has 0 unspecified atom stereocenters. The van der Waals surface area contributed by atoms with Crippen molar-refractivity contribution in [3.63, 3.8) is 0 Å². The zero-order valence-electron chi connectivity index (χ0n) is 25.8. The SMILES string of the molecule is Cc1ccc(C)c(N(CC(=O)N(Cc2ccccc2)[C@@H](Cc2ccccc2)C(=O)NCC(C)C)S(=O)(=O)c2ccccc2)c1. The van der Waals surface area contributed by atoms with E-state index in [0.717, 1.165) is 16.7 Å². The van der Waals surface area contributed by atoms with Crippen LogP contribution in [0.15, 0.2) is 114 Å². The van der Waals surface area contributed by atoms with Gasteiger partial charge >= 0.3 is 0 Å². The van der Waals surface area contributed by atoms with Gasteiger partial charge < -0.3 is 10.2 Å². The smallest absolute Gasteiger partial charge is 0.264 e. The quantitative estimate of drug-likeness (QED) is 0.204. The summed E-state index contributed by atoms with van der Waals surface area (Å²) in [5.41, 5.74) is 3.73. The lowest BCUT2D eigenvalue weighted by molar-refractivity contribution is -0.140. The maximum atomic E-state index is 14.5. The number of aryl methyl sites for hydroxylation is 2. The van der Waals surface area contributed by atoms with Crippen molar-refractivity contribution in [2.24, 2.45) is 5.92 Å². The third-order valence-electron chi connectivity index (χ3n) is 7.39. The fourth-order valence-electron chi connectivity index (χ4n) is 4.98. The molecule has 230 valence electrons. The fraction of sp³-hybridized carbons (Fsp3) is 0.278. The van der Waals surface area contributed by atoms with Crippen LogP contribution in [0.25, 0.3) is 0 Å². The molecule has 0 heterocycles. The van der Waals surface area contributed by atoms with Gasteiger partial charge in [-0.2, -0.15) is 0 Å². The van der Waals surface area contributed by atoms with E-state index in [1.807, 2.05) is 100 Å². The minimum absolute atomic E-state index is 0.0822. The number of rotatable bonds is 13. The molecule has 4 rings (SSSR count). The first kappa shape index (κ1) is 32.5. The number of amides is 2. The van der Waals surface area contributed by atoms with E-state index in [9.17, 15) is 18.0 Å². The highest BCUT2D eigenvalue weighted by atomic mass is 32.2. The highest BCUT2D eigenvalue weighted by Crippen LogP contribution is 2.28. The number of carbonyl (C=O) groups is 2. The minimum Gasteiger partial charge on any atom is -0.354 e. The van der Waals surface area contributed by atoms with Crippen molar-refractivity contribution >= 4 is 27.5 Å². The molecule has 7 nitrogen and oxygen atoms in total. The maximum absolute atomic E-state index is 14.5. The Hall–Kier alpha value is -4.43. The minimum atomic E-state index is -4.14. The van der Waals surface area contributed by atoms with Crippen molar-refractivity contribution in [1.82, 2.24) is 10.2 Å². The summed E-state index contributed by atoms with van der Waals surface area (Å²) in [4.78, 5) is 30.0. The van der Waals surface area contributed by atoms with Gasteiger partial charge in [0.2, 0.25) is 11.8 Å². The molecule has 0 aromatic heterocycles. The van der Waals surface area contributed by atoms with Crippen LogP contribution >= 0.6 is 0 Å². The van der Waals surface area contributed by atoms with Crippen molar-refractivity contribution in [1.29, 1.82) is 0 Å². The second-order valence-electron chi connectivity index (χ2n) is 11.5. The molecule has 8 heteroatoms. The van der Waals surface area contributed by atoms with Crippen LogP contribution in [0.4, 0.5) is 5.69 Å². The zero-order chi connectivity index (χ0) is 31.7. The normalized spacial score (nSPS) is 12.0. The second-order valence-corrected chi connectivity index (χ2v) is 13.3. The van der Waals surface area contributed by atoms with E-state index < -0.39 is 28.5 Å². The predicted molar refractivity (Wildman–Crippen MR) is 176 cm³/mol. The molecule has 0 radical (unpaired) electrons. The number of carbonyl (C=O) groups excluding carboxylic acids is 2. The van der Waals surface area contributed by atoms with Crippen LogP contribution in [0.1, 0.15) is 36.1 Å². The van der Waals surface area contributed by atoms with Crippen molar-refractivity contribution in [2.45, 2.75) is 51.6 Å². The molecule has 0 spiro atoms. The Morgan fingerprint density at radius 3 is 1.93 bits per heavy atom. The number of nitrogens with one attached hydrogen (secondary N) is 1. The molecule has 0 saturated carbocycles. The van der Waals surface area contributed by atoms with Crippen LogP contribution in [0, 0.1) is 19.8 Å². The molecule has 0 saturated heterocycles. The number of anilines is 1. The summed E-state index contributed by atoms with van der Waals surface area (Å²) in [6.07, 6.45) is 0.276. The fourth-order valence-corrected chi connectivity index (χ4v) is 6.47. The summed E-state index contributed by atoms with van der Waals surface area (Å²) in [5.74, 6) is -0.545. The molecule has 44 heavy (non-hydrogen) atoms. The van der Waals surface area contributed by atoms with E-state index in [0.29, 0.717) is 17.8 Å². The topological polar surface area (TPSA) is 86.8 Å². The lowest BCUT2D eigenvalue weighted by atomic mass is 10.0. The summed E-state index contributed by atoms with van der Waals surface area (Å²) < 4.78 is 29.5. The van der Waals surface area contributed by atoms with Gasteiger partial charge in [-0.25, -0.2) is 8.42 Å². The Kier molecular flexibility index (Phi) is 11.0. The van der Waals surface area contributed by atoms with Gasteiger partial charge in [0.1, 0.15) is 12.6 Å². The highest BCUT2D eigenvalue weighted by Gasteiger charge is 2.35. The average Bonchev–Trinajstić information content (AvgIpc) is 3.03. The monoisotopic (exact) mass is 611 g/mol. The summed E-state index contributed by atoms with van der Waals surface area (Å²) in [6.45, 7) is 7.84. The molecule has 4 aromatic rings. The van der Waals surface area contributed by atoms with E-state index in [1.165, 1.54) is 21.3 Å². The Bertz CT molecular complexity index is 1640. The molecule has 2 amide bonds. The standard InChI is InChI=1S/C36H41N3O4S/c1-27(2)24-37-36(41)34(23-30-14-8-5-9-15-30)38(25-31-16-10-6-11-17-31)35(40)26-39(33-22-28(3)20-21-29(33)4)44(42,43)32-18-12-7-13-19-32/h5-22,27,34H,23-26H2,1-4H3,(H,37,41)/t34-/m0/s1. The van der Waals surface area contributed by atoms with Gasteiger partial charge in [0.05, 0.1) is 10.6 Å². The van der Waals surface area contributed by atoms with Gasteiger partial charge in [-0.05, 0) is 60.2 Å². The van der Waals surface area contributed by atoms with Crippen LogP contribution in [0.2, 0.25) is 0 Å². The van der Waals surface area contributed by atoms with Crippen LogP contribution in [0.5, 0.6) is 0 Å². The van der Waals surface area contributed by atoms with Gasteiger partial charge in [0, 0.05) is 19.5 Å². The molecule has 0 aliphatic carbocycles. The number of sulfonamides is 1. The molecule has 1 atom stereocenters. The molecule has 0 fully saturated rings. The maximum Gasteiger partial charge on any atom is 0.264 e. The molecular formula is C36H41N3O4S. The van der Waals surface area contributed by atoms with Crippen LogP contribution in [-0.2, 0) is 32.6 Å². The van der Waals surface area contributed by atoms with Crippen molar-refractivity contribution in [2.75, 3.05) is 17.4 Å². The summed E-state index contributed by atoms with van der Waals surface area (Å²) >= 11 is 0. The molecule has 0 bridgehead atoms. The summed E-state index contributed by atoms with van der Waals surface area (Å²) in [7, 11) is -4.14. The molecule has 0 aliphatic rings. The Morgan fingerprint density at radius 2 is 1.34 bits per heavy atom. The van der Waals surface area contributed by atoms with Gasteiger partial charge in [-0.15, -0.1) is 0 Å². The number of nitrogens with zero attached hydrogens (tertiary/aromatic N) is 2. The Labute approximate surface area is 261 Å². The first-order valence-electron chi connectivity index (χ1n) is 14.9. The number of benzene rings is 4. The highest BCUT2D eigenvalue weighted by molar-refractivity contribution is 7.92. The van der Waals surface area contributed by atoms with Crippen molar-refractivity contribution < 1.29 is 18.0 Å². The Morgan fingerprint density at radius 1 is 0.773 bits per heavy atom. The molecule has 0 aliphatic heterocycles. The molecule has 4 aromatic carbocycles. The van der Waals surface area contributed by atoms with Gasteiger partial charge in [-0.3, -0.25) is 13.9 Å². The van der Waals surface area contributed by atoms with E-state index in [1.54, 1.807) is 24.3 Å². The predicted octanol–water partition coefficient (Wildman–Crippen LogP) is 5.91. The van der Waals surface area contributed by atoms with E-state index in [4.69, 9.17) is 0 Å². The molecular weight excluding hydrogens is 570 g/mol. The Balaban J connectivity index is 1.81. The largest absolute Gasteiger partial charge is 0.354 e. The van der Waals surface area contributed by atoms with Crippen molar-refractivity contribution in [3.8, 4) is 0 Å². The summed E-state index contributed by atoms with van der Waals surface area (Å²) in [6, 6.07) is 31.8. The lowest BCUT2D eigenvalue weighted by Gasteiger charge is -2.34. The van der Waals surface area contributed by atoms with E-state index >= 15 is 0 Å². The lowest BCUT2D eigenvalue weighted by Crippen LogP contribution is -2.53. The van der Waals surface area contributed by atoms with Crippen LogP contribution in [0.3, 0.4) is 0 Å². The van der Waals surface area contributed by atoms with Crippen LogP contribution < -0.4 is 9.62 Å². The van der Waals surface area contributed by atoms with Gasteiger partial charge in [0.25, 0.3) is 10.0 Å². The average molecular weight is 612 g/mol. The summed E-state index contributed by atoms with van der Waals surface area (Å²) in [5, 5.41) is 3.02. The number of hydrogen-bond acceptors (Lipinski definition) is 4. The van der Waals surface area contributed by atoms with Crippen molar-refractivity contribution in [3.05, 3.63) is 131 Å². The first-order valence-corrected chi connectivity index (χ1v) is 16.3. The first-order chi connectivity index (χ1) is 21.1. The van der Waals surface area contributed by atoms with E-state index in [2.05, 4.69) is 5.32 Å². The van der Waals surface area contributed by atoms with E-state index in [-0.39, 0.29) is 29.7 Å². The second kappa shape index (κ2) is 14.8. The zero-order valence-corrected chi connectivity index (χ0v) is 26.6. The van der Waals surface area contributed by atoms with Gasteiger partial charge in [-0.1, -0.05) is 105 Å². The third-order valence-corrected chi connectivity index (χ3v) is 9.17. The van der Waals surface area contributed by atoms with Crippen LogP contribution in [-0.4, -0.2) is 44.3 Å². The number of hydrogen-bond donors (Lipinski definition) is 1.